The highest BCUT2D eigenvalue weighted by Gasteiger charge is 2.20. The van der Waals surface area contributed by atoms with E-state index in [9.17, 15) is 0 Å². The van der Waals surface area contributed by atoms with Crippen LogP contribution in [0.1, 0.15) is 0 Å². The Kier molecular flexibility index (Phi) is 6.84. The zero-order valence-corrected chi connectivity index (χ0v) is 26.3. The molecule has 2 nitrogen and oxygen atoms in total. The van der Waals surface area contributed by atoms with Crippen LogP contribution in [0.5, 0.6) is 0 Å². The molecule has 8 aromatic carbocycles. The number of fused-ring (bicyclic) bond motifs is 4. The van der Waals surface area contributed by atoms with Gasteiger partial charge in [0.1, 0.15) is 11.2 Å². The van der Waals surface area contributed by atoms with Crippen LogP contribution in [0.25, 0.3) is 66.1 Å². The van der Waals surface area contributed by atoms with E-state index in [1.165, 1.54) is 44.2 Å². The Hall–Kier alpha value is -6.38. The molecule has 1 aromatic heterocycles. The predicted octanol–water partition coefficient (Wildman–Crippen LogP) is 13.2. The number of furan rings is 1. The predicted molar refractivity (Wildman–Crippen MR) is 202 cm³/mol. The summed E-state index contributed by atoms with van der Waals surface area (Å²) in [4.78, 5) is 2.35. The molecule has 226 valence electrons. The highest BCUT2D eigenvalue weighted by molar-refractivity contribution is 6.13. The molecule has 0 N–H and O–H groups in total. The van der Waals surface area contributed by atoms with Crippen molar-refractivity contribution in [3.8, 4) is 33.4 Å². The minimum Gasteiger partial charge on any atom is -0.456 e. The van der Waals surface area contributed by atoms with Crippen LogP contribution in [-0.4, -0.2) is 0 Å². The van der Waals surface area contributed by atoms with Crippen LogP contribution in [0.3, 0.4) is 0 Å². The molecule has 0 saturated heterocycles. The third-order valence-corrected chi connectivity index (χ3v) is 9.24. The molecule has 1 heterocycles. The van der Waals surface area contributed by atoms with E-state index in [1.54, 1.807) is 0 Å². The van der Waals surface area contributed by atoms with Gasteiger partial charge in [0.15, 0.2) is 0 Å². The van der Waals surface area contributed by atoms with Gasteiger partial charge in [-0.3, -0.25) is 0 Å². The van der Waals surface area contributed by atoms with E-state index in [0.29, 0.717) is 0 Å². The molecule has 0 fully saturated rings. The molecular weight excluding hydrogens is 583 g/mol. The molecular formula is C46H31NO. The SMILES string of the molecule is c1ccc(-c2cccc(N(c3ccc(-c4cccc(-c5ccc6ccccc6c5)c4)cc3)c3cccc4oc5ccccc5c34)c2)cc1. The maximum Gasteiger partial charge on any atom is 0.137 e. The number of nitrogens with zero attached hydrogens (tertiary/aromatic N) is 1. The van der Waals surface area contributed by atoms with Crippen molar-refractivity contribution in [1.82, 2.24) is 0 Å². The van der Waals surface area contributed by atoms with Crippen LogP contribution in [0.4, 0.5) is 17.1 Å². The van der Waals surface area contributed by atoms with Crippen LogP contribution in [0.2, 0.25) is 0 Å². The first-order valence-electron chi connectivity index (χ1n) is 16.3. The third kappa shape index (κ3) is 5.01. The molecule has 0 saturated carbocycles. The first kappa shape index (κ1) is 27.9. The van der Waals surface area contributed by atoms with Crippen LogP contribution in [0.15, 0.2) is 192 Å². The van der Waals surface area contributed by atoms with Crippen molar-refractivity contribution >= 4 is 49.8 Å². The Morgan fingerprint density at radius 2 is 0.917 bits per heavy atom. The highest BCUT2D eigenvalue weighted by atomic mass is 16.3. The molecule has 0 spiro atoms. The van der Waals surface area contributed by atoms with Gasteiger partial charge in [0, 0.05) is 16.8 Å². The minimum absolute atomic E-state index is 0.875. The third-order valence-electron chi connectivity index (χ3n) is 9.24. The van der Waals surface area contributed by atoms with Crippen molar-refractivity contribution in [2.45, 2.75) is 0 Å². The molecule has 0 atom stereocenters. The Morgan fingerprint density at radius 1 is 0.333 bits per heavy atom. The second-order valence-corrected chi connectivity index (χ2v) is 12.2. The van der Waals surface area contributed by atoms with Gasteiger partial charge >= 0.3 is 0 Å². The maximum absolute atomic E-state index is 6.33. The van der Waals surface area contributed by atoms with E-state index >= 15 is 0 Å². The van der Waals surface area contributed by atoms with Crippen LogP contribution < -0.4 is 4.90 Å². The number of hydrogen-bond donors (Lipinski definition) is 0. The second-order valence-electron chi connectivity index (χ2n) is 12.2. The summed E-state index contributed by atoms with van der Waals surface area (Å²) >= 11 is 0. The Labute approximate surface area is 279 Å². The lowest BCUT2D eigenvalue weighted by molar-refractivity contribution is 0.669. The highest BCUT2D eigenvalue weighted by Crippen LogP contribution is 2.44. The average Bonchev–Trinajstić information content (AvgIpc) is 3.55. The largest absolute Gasteiger partial charge is 0.456 e. The molecule has 2 heteroatoms. The molecule has 0 aliphatic carbocycles. The number of hydrogen-bond acceptors (Lipinski definition) is 2. The standard InChI is InChI=1S/C46H31NO/c1-2-11-32(12-3-1)38-17-9-18-41(31-38)47(43-20-10-22-45-46(43)42-19-6-7-21-44(42)48-45)40-27-25-34(26-28-40)36-15-8-16-37(29-36)39-24-23-33-13-4-5-14-35(33)30-39/h1-31H. The average molecular weight is 614 g/mol. The van der Waals surface area contributed by atoms with Crippen LogP contribution >= 0.6 is 0 Å². The van der Waals surface area contributed by atoms with Crippen molar-refractivity contribution in [2.24, 2.45) is 0 Å². The number of benzene rings is 8. The fourth-order valence-corrected chi connectivity index (χ4v) is 6.87. The normalized spacial score (nSPS) is 11.3. The number of anilines is 3. The fourth-order valence-electron chi connectivity index (χ4n) is 6.87. The number of rotatable bonds is 6. The summed E-state index contributed by atoms with van der Waals surface area (Å²) in [7, 11) is 0. The molecule has 48 heavy (non-hydrogen) atoms. The summed E-state index contributed by atoms with van der Waals surface area (Å²) in [5, 5.41) is 4.72. The first-order chi connectivity index (χ1) is 23.8. The summed E-state index contributed by atoms with van der Waals surface area (Å²) in [6.45, 7) is 0. The monoisotopic (exact) mass is 613 g/mol. The van der Waals surface area contributed by atoms with Gasteiger partial charge in [-0.2, -0.15) is 0 Å². The van der Waals surface area contributed by atoms with Gasteiger partial charge in [0.25, 0.3) is 0 Å². The van der Waals surface area contributed by atoms with Gasteiger partial charge < -0.3 is 9.32 Å². The van der Waals surface area contributed by atoms with Gasteiger partial charge in [-0.25, -0.2) is 0 Å². The topological polar surface area (TPSA) is 16.4 Å². The summed E-state index contributed by atoms with van der Waals surface area (Å²) in [6, 6.07) is 67.0. The van der Waals surface area contributed by atoms with Crippen molar-refractivity contribution in [3.05, 3.63) is 188 Å². The summed E-state index contributed by atoms with van der Waals surface area (Å²) in [5.41, 5.74) is 12.1. The minimum atomic E-state index is 0.875. The molecule has 0 aliphatic heterocycles. The van der Waals surface area contributed by atoms with E-state index in [2.05, 4.69) is 181 Å². The van der Waals surface area contributed by atoms with E-state index in [-0.39, 0.29) is 0 Å². The van der Waals surface area contributed by atoms with Crippen molar-refractivity contribution in [3.63, 3.8) is 0 Å². The molecule has 9 aromatic rings. The summed E-state index contributed by atoms with van der Waals surface area (Å²) in [5.74, 6) is 0. The van der Waals surface area contributed by atoms with Crippen molar-refractivity contribution in [1.29, 1.82) is 0 Å². The zero-order chi connectivity index (χ0) is 31.9. The van der Waals surface area contributed by atoms with Crippen LogP contribution in [0, 0.1) is 0 Å². The lowest BCUT2D eigenvalue weighted by atomic mass is 9.97. The Balaban J connectivity index is 1.16. The van der Waals surface area contributed by atoms with Crippen molar-refractivity contribution < 1.29 is 4.42 Å². The summed E-state index contributed by atoms with van der Waals surface area (Å²) < 4.78 is 6.33. The van der Waals surface area contributed by atoms with E-state index in [1.807, 2.05) is 12.1 Å². The summed E-state index contributed by atoms with van der Waals surface area (Å²) in [6.07, 6.45) is 0. The molecule has 0 amide bonds. The molecule has 0 bridgehead atoms. The zero-order valence-electron chi connectivity index (χ0n) is 26.3. The number of para-hydroxylation sites is 1. The van der Waals surface area contributed by atoms with E-state index in [0.717, 1.165) is 39.0 Å². The smallest absolute Gasteiger partial charge is 0.137 e. The fraction of sp³-hybridized carbons (Fsp3) is 0. The van der Waals surface area contributed by atoms with Crippen molar-refractivity contribution in [2.75, 3.05) is 4.90 Å². The van der Waals surface area contributed by atoms with Gasteiger partial charge in [-0.05, 0) is 98.8 Å². The lowest BCUT2D eigenvalue weighted by Gasteiger charge is -2.27. The molecule has 0 unspecified atom stereocenters. The quantitative estimate of drug-likeness (QED) is 0.185. The molecule has 0 radical (unpaired) electrons. The van der Waals surface area contributed by atoms with Gasteiger partial charge in [-0.15, -0.1) is 0 Å². The van der Waals surface area contributed by atoms with E-state index < -0.39 is 0 Å². The van der Waals surface area contributed by atoms with E-state index in [4.69, 9.17) is 4.42 Å². The first-order valence-corrected chi connectivity index (χ1v) is 16.3. The van der Waals surface area contributed by atoms with Gasteiger partial charge in [0.05, 0.1) is 11.1 Å². The van der Waals surface area contributed by atoms with Crippen LogP contribution in [-0.2, 0) is 0 Å². The lowest BCUT2D eigenvalue weighted by Crippen LogP contribution is -2.10. The Morgan fingerprint density at radius 3 is 1.77 bits per heavy atom. The van der Waals surface area contributed by atoms with Gasteiger partial charge in [0.2, 0.25) is 0 Å². The Bertz CT molecular complexity index is 2560. The molecule has 9 rings (SSSR count). The maximum atomic E-state index is 6.33. The van der Waals surface area contributed by atoms with Gasteiger partial charge in [-0.1, -0.05) is 133 Å². The molecule has 0 aliphatic rings. The second kappa shape index (κ2) is 11.8.